The van der Waals surface area contributed by atoms with Gasteiger partial charge in [-0.05, 0) is 43.0 Å². The van der Waals surface area contributed by atoms with E-state index >= 15 is 0 Å². The predicted molar refractivity (Wildman–Crippen MR) is 132 cm³/mol. The summed E-state index contributed by atoms with van der Waals surface area (Å²) in [6, 6.07) is 2.56. The van der Waals surface area contributed by atoms with Crippen LogP contribution in [0.5, 0.6) is 11.5 Å². The van der Waals surface area contributed by atoms with Crippen molar-refractivity contribution in [1.29, 1.82) is 0 Å². The lowest BCUT2D eigenvalue weighted by Crippen LogP contribution is -2.56. The number of carbonyl (C=O) groups excluding carboxylic acids is 2. The zero-order chi connectivity index (χ0) is 26.4. The molecule has 0 saturated heterocycles. The van der Waals surface area contributed by atoms with E-state index < -0.39 is 30.1 Å². The summed E-state index contributed by atoms with van der Waals surface area (Å²) in [4.78, 5) is 28.0. The van der Waals surface area contributed by atoms with Gasteiger partial charge in [0.15, 0.2) is 11.5 Å². The van der Waals surface area contributed by atoms with Gasteiger partial charge in [-0.25, -0.2) is 0 Å². The minimum Gasteiger partial charge on any atom is -0.493 e. The monoisotopic (exact) mass is 506 g/mol. The average Bonchev–Trinajstić information content (AvgIpc) is 3.26. The van der Waals surface area contributed by atoms with E-state index in [0.717, 1.165) is 0 Å². The van der Waals surface area contributed by atoms with Crippen molar-refractivity contribution in [2.45, 2.75) is 58.0 Å². The first kappa shape index (κ1) is 27.9. The smallest absolute Gasteiger partial charge is 0.249 e. The highest BCUT2D eigenvalue weighted by molar-refractivity contribution is 5.96. The molecule has 0 aromatic heterocycles. The SMILES string of the molecule is CCOCC(=O)N(CCC(C)C)C1C=C(C(=O)NCCO)C2c3cc(CO)cc(OC)c3OC2C1O. The van der Waals surface area contributed by atoms with Crippen LogP contribution in [0, 0.1) is 5.92 Å². The van der Waals surface area contributed by atoms with Gasteiger partial charge >= 0.3 is 0 Å². The average molecular weight is 507 g/mol. The largest absolute Gasteiger partial charge is 0.493 e. The molecular weight excluding hydrogens is 468 g/mol. The number of carbonyl (C=O) groups is 2. The van der Waals surface area contributed by atoms with Crippen molar-refractivity contribution in [3.8, 4) is 11.5 Å². The molecule has 3 rings (SSSR count). The van der Waals surface area contributed by atoms with Gasteiger partial charge in [-0.3, -0.25) is 9.59 Å². The zero-order valence-electron chi connectivity index (χ0n) is 21.4. The number of hydrogen-bond acceptors (Lipinski definition) is 8. The van der Waals surface area contributed by atoms with Crippen LogP contribution in [0.2, 0.25) is 0 Å². The highest BCUT2D eigenvalue weighted by atomic mass is 16.5. The predicted octanol–water partition coefficient (Wildman–Crippen LogP) is 0.721. The lowest BCUT2D eigenvalue weighted by Gasteiger charge is -2.41. The van der Waals surface area contributed by atoms with Crippen molar-refractivity contribution in [1.82, 2.24) is 10.2 Å². The first-order chi connectivity index (χ1) is 17.3. The number of nitrogens with one attached hydrogen (secondary N) is 1. The van der Waals surface area contributed by atoms with Gasteiger partial charge in [0.25, 0.3) is 0 Å². The molecule has 1 heterocycles. The molecule has 0 fully saturated rings. The number of nitrogens with zero attached hydrogens (tertiary/aromatic N) is 1. The van der Waals surface area contributed by atoms with Crippen LogP contribution in [0.3, 0.4) is 0 Å². The minimum atomic E-state index is -1.14. The Morgan fingerprint density at radius 1 is 1.25 bits per heavy atom. The summed E-state index contributed by atoms with van der Waals surface area (Å²) < 4.78 is 17.0. The third kappa shape index (κ3) is 5.83. The Balaban J connectivity index is 2.09. The molecule has 10 nitrogen and oxygen atoms in total. The van der Waals surface area contributed by atoms with Gasteiger partial charge < -0.3 is 39.7 Å². The fourth-order valence-corrected chi connectivity index (χ4v) is 4.73. The quantitative estimate of drug-likeness (QED) is 0.325. The van der Waals surface area contributed by atoms with Crippen LogP contribution in [0.25, 0.3) is 0 Å². The summed E-state index contributed by atoms with van der Waals surface area (Å²) in [7, 11) is 1.48. The van der Waals surface area contributed by atoms with Crippen molar-refractivity contribution in [2.24, 2.45) is 5.92 Å². The standard InChI is InChI=1S/C26H38N2O8/c1-5-35-14-21(31)28(8-6-15(2)3)19-12-18(26(33)27-7-9-29)22-17-10-16(13-30)11-20(34-4)24(17)36-25(22)23(19)32/h10-12,15,19,22-23,25,29-30,32H,5-9,13-14H2,1-4H3,(H,27,33). The minimum absolute atomic E-state index is 0.0504. The fraction of sp³-hybridized carbons (Fsp3) is 0.615. The summed E-state index contributed by atoms with van der Waals surface area (Å²) in [5.74, 6) is -0.290. The lowest BCUT2D eigenvalue weighted by molar-refractivity contribution is -0.142. The highest BCUT2D eigenvalue weighted by Crippen LogP contribution is 2.51. The number of benzene rings is 1. The first-order valence-electron chi connectivity index (χ1n) is 12.4. The molecule has 36 heavy (non-hydrogen) atoms. The second-order valence-electron chi connectivity index (χ2n) is 9.42. The number of ether oxygens (including phenoxy) is 3. The van der Waals surface area contributed by atoms with Crippen LogP contribution < -0.4 is 14.8 Å². The first-order valence-corrected chi connectivity index (χ1v) is 12.4. The fourth-order valence-electron chi connectivity index (χ4n) is 4.73. The second-order valence-corrected chi connectivity index (χ2v) is 9.42. The van der Waals surface area contributed by atoms with Crippen molar-refractivity contribution < 1.29 is 39.1 Å². The molecule has 4 unspecified atom stereocenters. The van der Waals surface area contributed by atoms with Crippen LogP contribution in [-0.4, -0.2) is 90.3 Å². The third-order valence-electron chi connectivity index (χ3n) is 6.55. The topological polar surface area (TPSA) is 138 Å². The molecule has 4 N–H and O–H groups in total. The third-order valence-corrected chi connectivity index (χ3v) is 6.55. The van der Waals surface area contributed by atoms with Gasteiger partial charge in [0.1, 0.15) is 18.8 Å². The van der Waals surface area contributed by atoms with Crippen LogP contribution in [0.15, 0.2) is 23.8 Å². The van der Waals surface area contributed by atoms with Crippen LogP contribution in [0.4, 0.5) is 0 Å². The Kier molecular flexibility index (Phi) is 9.72. The molecule has 200 valence electrons. The van der Waals surface area contributed by atoms with Crippen molar-refractivity contribution in [2.75, 3.05) is 40.0 Å². The summed E-state index contributed by atoms with van der Waals surface area (Å²) in [5, 5.41) is 33.2. The van der Waals surface area contributed by atoms with Crippen LogP contribution in [-0.2, 0) is 20.9 Å². The van der Waals surface area contributed by atoms with E-state index in [2.05, 4.69) is 5.32 Å². The van der Waals surface area contributed by atoms with Gasteiger partial charge in [-0.1, -0.05) is 13.8 Å². The van der Waals surface area contributed by atoms with Gasteiger partial charge in [0, 0.05) is 30.8 Å². The number of aliphatic hydroxyl groups is 3. The maximum Gasteiger partial charge on any atom is 0.249 e. The summed E-state index contributed by atoms with van der Waals surface area (Å²) in [6.45, 7) is 6.07. The zero-order valence-corrected chi connectivity index (χ0v) is 21.4. The van der Waals surface area contributed by atoms with E-state index in [4.69, 9.17) is 14.2 Å². The number of aliphatic hydroxyl groups excluding tert-OH is 3. The van der Waals surface area contributed by atoms with Crippen LogP contribution >= 0.6 is 0 Å². The number of fused-ring (bicyclic) bond motifs is 3. The van der Waals surface area contributed by atoms with E-state index in [9.17, 15) is 24.9 Å². The molecule has 10 heteroatoms. The summed E-state index contributed by atoms with van der Waals surface area (Å²) in [5.41, 5.74) is 1.51. The van der Waals surface area contributed by atoms with E-state index in [-0.39, 0.29) is 32.3 Å². The van der Waals surface area contributed by atoms with Gasteiger partial charge in [0.2, 0.25) is 11.8 Å². The molecule has 1 aromatic rings. The molecule has 1 aliphatic carbocycles. The van der Waals surface area contributed by atoms with Crippen LogP contribution in [0.1, 0.15) is 44.2 Å². The molecule has 2 aliphatic rings. The van der Waals surface area contributed by atoms with Gasteiger partial charge in [0.05, 0.1) is 32.3 Å². The number of hydrogen-bond donors (Lipinski definition) is 4. The Labute approximate surface area is 211 Å². The molecular formula is C26H38N2O8. The molecule has 0 spiro atoms. The number of amides is 2. The molecule has 2 amide bonds. The van der Waals surface area contributed by atoms with Gasteiger partial charge in [-0.2, -0.15) is 0 Å². The maximum atomic E-state index is 13.3. The van der Waals surface area contributed by atoms with E-state index in [0.29, 0.717) is 53.7 Å². The summed E-state index contributed by atoms with van der Waals surface area (Å²) >= 11 is 0. The second kappa shape index (κ2) is 12.5. The van der Waals surface area contributed by atoms with Crippen molar-refractivity contribution in [3.63, 3.8) is 0 Å². The van der Waals surface area contributed by atoms with Gasteiger partial charge in [-0.15, -0.1) is 0 Å². The molecule has 1 aromatic carbocycles. The van der Waals surface area contributed by atoms with E-state index in [1.165, 1.54) is 7.11 Å². The molecule has 0 radical (unpaired) electrons. The highest BCUT2D eigenvalue weighted by Gasteiger charge is 2.51. The number of rotatable bonds is 12. The number of methoxy groups -OCH3 is 1. The summed E-state index contributed by atoms with van der Waals surface area (Å²) in [6.07, 6.45) is 0.314. The van der Waals surface area contributed by atoms with Crippen molar-refractivity contribution >= 4 is 11.8 Å². The Morgan fingerprint density at radius 3 is 2.61 bits per heavy atom. The molecule has 0 saturated carbocycles. The molecule has 0 bridgehead atoms. The molecule has 4 atom stereocenters. The normalized spacial score (nSPS) is 22.4. The maximum absolute atomic E-state index is 13.3. The Hall–Kier alpha value is -2.66. The Bertz CT molecular complexity index is 964. The van der Waals surface area contributed by atoms with E-state index in [1.807, 2.05) is 13.8 Å². The van der Waals surface area contributed by atoms with E-state index in [1.54, 1.807) is 30.0 Å². The molecule has 1 aliphatic heterocycles. The van der Waals surface area contributed by atoms with Crippen molar-refractivity contribution in [3.05, 3.63) is 34.9 Å². The lowest BCUT2D eigenvalue weighted by atomic mass is 9.77. The Morgan fingerprint density at radius 2 is 2.00 bits per heavy atom.